The monoisotopic (exact) mass is 421 g/mol. The van der Waals surface area contributed by atoms with Crippen LogP contribution in [-0.2, 0) is 0 Å². The van der Waals surface area contributed by atoms with Gasteiger partial charge in [-0.2, -0.15) is 0 Å². The Morgan fingerprint density at radius 2 is 1.97 bits per heavy atom. The molecule has 0 bridgehead atoms. The minimum atomic E-state index is -0.689. The standard InChI is InChI=1S/C25H25F2N3O/c1-14(2)23(16(4)28)22-6-5-18(12-29-22)30-15(3)9-20-19-10-17(26)11-21(27)24(19)31-13-25(20)7-8-25/h5-6,9-12,30H,1,3,7-8,13,28H2,2,4H3/b20-9+,23-16+. The topological polar surface area (TPSA) is 60.2 Å². The Labute approximate surface area is 180 Å². The number of allylic oxidation sites excluding steroid dienone is 4. The van der Waals surface area contributed by atoms with Gasteiger partial charge in [0.15, 0.2) is 11.6 Å². The summed E-state index contributed by atoms with van der Waals surface area (Å²) in [6.07, 6.45) is 5.36. The minimum Gasteiger partial charge on any atom is -0.489 e. The first-order chi connectivity index (χ1) is 14.7. The van der Waals surface area contributed by atoms with Gasteiger partial charge in [0, 0.05) is 34.0 Å². The Morgan fingerprint density at radius 3 is 2.55 bits per heavy atom. The molecule has 3 N–H and O–H groups in total. The molecule has 1 aromatic carbocycles. The number of benzene rings is 1. The second kappa shape index (κ2) is 7.69. The van der Waals surface area contributed by atoms with Crippen molar-refractivity contribution < 1.29 is 13.5 Å². The zero-order valence-corrected chi connectivity index (χ0v) is 17.7. The van der Waals surface area contributed by atoms with E-state index in [2.05, 4.69) is 23.5 Å². The summed E-state index contributed by atoms with van der Waals surface area (Å²) in [5, 5.41) is 3.21. The summed E-state index contributed by atoms with van der Waals surface area (Å²) in [5.74, 6) is -1.22. The molecule has 1 fully saturated rings. The number of pyridine rings is 1. The van der Waals surface area contributed by atoms with Crippen LogP contribution in [0.3, 0.4) is 0 Å². The molecular weight excluding hydrogens is 396 g/mol. The molecule has 31 heavy (non-hydrogen) atoms. The summed E-state index contributed by atoms with van der Waals surface area (Å²) in [6.45, 7) is 12.1. The number of fused-ring (bicyclic) bond motifs is 1. The van der Waals surface area contributed by atoms with Gasteiger partial charge in [-0.05, 0) is 62.1 Å². The Kier molecular flexibility index (Phi) is 5.17. The van der Waals surface area contributed by atoms with Crippen LogP contribution in [0.15, 0.2) is 66.7 Å². The first-order valence-corrected chi connectivity index (χ1v) is 10.1. The quantitative estimate of drug-likeness (QED) is 0.599. The van der Waals surface area contributed by atoms with Crippen molar-refractivity contribution in [2.45, 2.75) is 26.7 Å². The molecule has 0 saturated heterocycles. The Hall–Kier alpha value is -3.41. The van der Waals surface area contributed by atoms with Crippen LogP contribution in [0.4, 0.5) is 14.5 Å². The van der Waals surface area contributed by atoms with E-state index in [-0.39, 0.29) is 11.2 Å². The van der Waals surface area contributed by atoms with E-state index >= 15 is 0 Å². The maximum atomic E-state index is 14.2. The molecule has 4 nitrogen and oxygen atoms in total. The fraction of sp³-hybridized carbons (Fsp3) is 0.240. The molecule has 1 aliphatic heterocycles. The lowest BCUT2D eigenvalue weighted by Crippen LogP contribution is -2.22. The van der Waals surface area contributed by atoms with Gasteiger partial charge in [-0.1, -0.05) is 13.2 Å². The summed E-state index contributed by atoms with van der Waals surface area (Å²) in [4.78, 5) is 4.48. The van der Waals surface area contributed by atoms with Gasteiger partial charge in [-0.25, -0.2) is 8.78 Å². The van der Waals surface area contributed by atoms with Crippen LogP contribution in [0.5, 0.6) is 5.75 Å². The van der Waals surface area contributed by atoms with Crippen molar-refractivity contribution in [3.05, 3.63) is 89.6 Å². The number of hydrogen-bond acceptors (Lipinski definition) is 4. The number of nitrogens with one attached hydrogen (secondary N) is 1. The van der Waals surface area contributed by atoms with E-state index in [0.717, 1.165) is 47.0 Å². The van der Waals surface area contributed by atoms with E-state index in [9.17, 15) is 8.78 Å². The van der Waals surface area contributed by atoms with E-state index in [4.69, 9.17) is 10.5 Å². The van der Waals surface area contributed by atoms with Crippen LogP contribution in [0.1, 0.15) is 37.9 Å². The predicted molar refractivity (Wildman–Crippen MR) is 120 cm³/mol. The Bertz CT molecular complexity index is 1140. The molecule has 1 saturated carbocycles. The third-order valence-electron chi connectivity index (χ3n) is 5.68. The van der Waals surface area contributed by atoms with Gasteiger partial charge in [0.25, 0.3) is 0 Å². The molecule has 2 heterocycles. The third-order valence-corrected chi connectivity index (χ3v) is 5.68. The number of aromatic nitrogens is 1. The zero-order chi connectivity index (χ0) is 22.3. The molecule has 1 aromatic heterocycles. The van der Waals surface area contributed by atoms with Crippen molar-refractivity contribution in [3.8, 4) is 5.75 Å². The lowest BCUT2D eigenvalue weighted by atomic mass is 9.86. The number of hydrogen-bond donors (Lipinski definition) is 2. The van der Waals surface area contributed by atoms with Crippen LogP contribution in [0.25, 0.3) is 11.1 Å². The molecule has 1 aliphatic carbocycles. The van der Waals surface area contributed by atoms with E-state index in [1.807, 2.05) is 32.1 Å². The average molecular weight is 421 g/mol. The molecule has 4 rings (SSSR count). The largest absolute Gasteiger partial charge is 0.489 e. The van der Waals surface area contributed by atoms with Crippen molar-refractivity contribution >= 4 is 16.8 Å². The van der Waals surface area contributed by atoms with Gasteiger partial charge >= 0.3 is 0 Å². The summed E-state index contributed by atoms with van der Waals surface area (Å²) in [7, 11) is 0. The SMILES string of the molecule is C=C(/C=C1\c2cc(F)cc(F)c2OCC12CC2)Nc1ccc(/C(C(=C)C)=C(\C)N)nc1. The molecule has 0 atom stereocenters. The first-order valence-electron chi connectivity index (χ1n) is 10.1. The van der Waals surface area contributed by atoms with Gasteiger partial charge in [0.2, 0.25) is 0 Å². The normalized spacial score (nSPS) is 18.1. The van der Waals surface area contributed by atoms with E-state index < -0.39 is 11.6 Å². The molecular formula is C25H25F2N3O. The van der Waals surface area contributed by atoms with Gasteiger partial charge < -0.3 is 15.8 Å². The first kappa shape index (κ1) is 20.8. The van der Waals surface area contributed by atoms with Gasteiger partial charge in [0.1, 0.15) is 5.82 Å². The van der Waals surface area contributed by atoms with E-state index in [1.54, 1.807) is 6.20 Å². The summed E-state index contributed by atoms with van der Waals surface area (Å²) >= 11 is 0. The van der Waals surface area contributed by atoms with Crippen LogP contribution in [0.2, 0.25) is 0 Å². The Morgan fingerprint density at radius 1 is 1.23 bits per heavy atom. The number of halogens is 2. The highest BCUT2D eigenvalue weighted by Gasteiger charge is 2.50. The van der Waals surface area contributed by atoms with Crippen molar-refractivity contribution in [1.29, 1.82) is 0 Å². The van der Waals surface area contributed by atoms with Crippen molar-refractivity contribution in [3.63, 3.8) is 0 Å². The lowest BCUT2D eigenvalue weighted by Gasteiger charge is -2.29. The lowest BCUT2D eigenvalue weighted by molar-refractivity contribution is 0.243. The molecule has 6 heteroatoms. The number of nitrogens with zero attached hydrogens (tertiary/aromatic N) is 1. The zero-order valence-electron chi connectivity index (χ0n) is 17.7. The average Bonchev–Trinajstić information content (AvgIpc) is 3.45. The van der Waals surface area contributed by atoms with E-state index in [1.165, 1.54) is 6.07 Å². The molecule has 2 aromatic rings. The molecule has 160 valence electrons. The number of nitrogens with two attached hydrogens (primary N) is 1. The number of rotatable bonds is 5. The van der Waals surface area contributed by atoms with Crippen molar-refractivity contribution in [1.82, 2.24) is 4.98 Å². The highest BCUT2D eigenvalue weighted by atomic mass is 19.1. The number of ether oxygens (including phenoxy) is 1. The minimum absolute atomic E-state index is 0.0975. The van der Waals surface area contributed by atoms with Crippen molar-refractivity contribution in [2.75, 3.05) is 11.9 Å². The molecule has 0 amide bonds. The maximum Gasteiger partial charge on any atom is 0.168 e. The van der Waals surface area contributed by atoms with Crippen LogP contribution in [-0.4, -0.2) is 11.6 Å². The summed E-state index contributed by atoms with van der Waals surface area (Å²) in [5.41, 5.74) is 11.4. The van der Waals surface area contributed by atoms with Crippen LogP contribution in [0, 0.1) is 17.0 Å². The van der Waals surface area contributed by atoms with Crippen molar-refractivity contribution in [2.24, 2.45) is 11.1 Å². The second-order valence-electron chi connectivity index (χ2n) is 8.31. The molecule has 0 unspecified atom stereocenters. The summed E-state index contributed by atoms with van der Waals surface area (Å²) < 4.78 is 33.8. The summed E-state index contributed by atoms with van der Waals surface area (Å²) in [6, 6.07) is 5.91. The van der Waals surface area contributed by atoms with Gasteiger partial charge in [-0.3, -0.25) is 4.98 Å². The highest BCUT2D eigenvalue weighted by Crippen LogP contribution is 2.60. The molecule has 2 aliphatic rings. The van der Waals surface area contributed by atoms with Crippen LogP contribution < -0.4 is 15.8 Å². The fourth-order valence-corrected chi connectivity index (χ4v) is 4.04. The van der Waals surface area contributed by atoms with E-state index in [0.29, 0.717) is 23.6 Å². The number of anilines is 1. The Balaban J connectivity index is 1.60. The maximum absolute atomic E-state index is 14.2. The van der Waals surface area contributed by atoms with Gasteiger partial charge in [-0.15, -0.1) is 0 Å². The van der Waals surface area contributed by atoms with Crippen LogP contribution >= 0.6 is 0 Å². The predicted octanol–water partition coefficient (Wildman–Crippen LogP) is 5.81. The molecule has 1 spiro atoms. The fourth-order valence-electron chi connectivity index (χ4n) is 4.04. The highest BCUT2D eigenvalue weighted by molar-refractivity contribution is 5.81. The third kappa shape index (κ3) is 3.98. The smallest absolute Gasteiger partial charge is 0.168 e. The molecule has 0 radical (unpaired) electrons. The van der Waals surface area contributed by atoms with Gasteiger partial charge in [0.05, 0.1) is 24.2 Å². The second-order valence-corrected chi connectivity index (χ2v) is 8.31.